The molecule has 3 nitrogen and oxygen atoms in total. The van der Waals surface area contributed by atoms with Crippen LogP contribution >= 0.6 is 11.6 Å². The summed E-state index contributed by atoms with van der Waals surface area (Å²) in [7, 11) is 0. The normalized spacial score (nSPS) is 26.5. The van der Waals surface area contributed by atoms with E-state index >= 15 is 0 Å². The van der Waals surface area contributed by atoms with Gasteiger partial charge in [0, 0.05) is 18.2 Å². The number of hydrogen-bond acceptors (Lipinski definition) is 3. The van der Waals surface area contributed by atoms with Crippen molar-refractivity contribution in [1.82, 2.24) is 9.97 Å². The third-order valence-corrected chi connectivity index (χ3v) is 4.98. The van der Waals surface area contributed by atoms with Crippen LogP contribution in [0.25, 0.3) is 0 Å². The smallest absolute Gasteiger partial charge is 0.137 e. The molecule has 2 unspecified atom stereocenters. The van der Waals surface area contributed by atoms with Gasteiger partial charge in [0.05, 0.1) is 0 Å². The molecule has 1 saturated carbocycles. The Morgan fingerprint density at radius 2 is 2.11 bits per heavy atom. The first kappa shape index (κ1) is 13.2. The standard InChI is InChI=1S/C15H22ClN3/c1-2-5-12-14(16)17-10-18-15(12)19-9-8-11-6-3-4-7-13(11)19/h10-11,13H,2-9H2,1H3. The van der Waals surface area contributed by atoms with E-state index in [1.165, 1.54) is 32.1 Å². The Balaban J connectivity index is 1.91. The lowest BCUT2D eigenvalue weighted by molar-refractivity contribution is 0.341. The molecule has 0 aromatic carbocycles. The van der Waals surface area contributed by atoms with Gasteiger partial charge in [0.25, 0.3) is 0 Å². The monoisotopic (exact) mass is 279 g/mol. The van der Waals surface area contributed by atoms with E-state index in [0.29, 0.717) is 11.2 Å². The molecule has 0 amide bonds. The van der Waals surface area contributed by atoms with Gasteiger partial charge in [0.15, 0.2) is 0 Å². The van der Waals surface area contributed by atoms with Crippen molar-refractivity contribution in [2.45, 2.75) is 57.9 Å². The Kier molecular flexibility index (Phi) is 3.92. The van der Waals surface area contributed by atoms with Crippen molar-refractivity contribution in [1.29, 1.82) is 0 Å². The lowest BCUT2D eigenvalue weighted by Crippen LogP contribution is -2.36. The lowest BCUT2D eigenvalue weighted by atomic mass is 9.85. The average molecular weight is 280 g/mol. The predicted molar refractivity (Wildman–Crippen MR) is 78.7 cm³/mol. The zero-order chi connectivity index (χ0) is 13.2. The topological polar surface area (TPSA) is 29.0 Å². The number of anilines is 1. The van der Waals surface area contributed by atoms with E-state index < -0.39 is 0 Å². The van der Waals surface area contributed by atoms with Gasteiger partial charge in [-0.2, -0.15) is 0 Å². The van der Waals surface area contributed by atoms with Crippen LogP contribution in [0, 0.1) is 5.92 Å². The molecule has 0 spiro atoms. The Bertz CT molecular complexity index is 449. The third kappa shape index (κ3) is 2.45. The van der Waals surface area contributed by atoms with Gasteiger partial charge in [-0.25, -0.2) is 9.97 Å². The highest BCUT2D eigenvalue weighted by Crippen LogP contribution is 2.40. The molecule has 1 aliphatic heterocycles. The summed E-state index contributed by atoms with van der Waals surface area (Å²) in [5, 5.41) is 0.645. The summed E-state index contributed by atoms with van der Waals surface area (Å²) >= 11 is 6.28. The summed E-state index contributed by atoms with van der Waals surface area (Å²) in [4.78, 5) is 11.2. The summed E-state index contributed by atoms with van der Waals surface area (Å²) in [6.45, 7) is 3.32. The summed E-state index contributed by atoms with van der Waals surface area (Å²) in [6, 6.07) is 0.690. The molecule has 4 heteroatoms. The fourth-order valence-corrected chi connectivity index (χ4v) is 3.99. The molecule has 0 radical (unpaired) electrons. The van der Waals surface area contributed by atoms with Crippen molar-refractivity contribution in [3.8, 4) is 0 Å². The van der Waals surface area contributed by atoms with Crippen LogP contribution in [0.2, 0.25) is 5.15 Å². The zero-order valence-electron chi connectivity index (χ0n) is 11.6. The maximum atomic E-state index is 6.28. The molecular formula is C15H22ClN3. The molecular weight excluding hydrogens is 258 g/mol. The van der Waals surface area contributed by atoms with Crippen LogP contribution in [0.3, 0.4) is 0 Å². The molecule has 1 aromatic heterocycles. The lowest BCUT2D eigenvalue weighted by Gasteiger charge is -2.33. The molecule has 2 aliphatic rings. The molecule has 0 bridgehead atoms. The number of rotatable bonds is 3. The van der Waals surface area contributed by atoms with E-state index in [0.717, 1.165) is 36.7 Å². The van der Waals surface area contributed by atoms with Crippen molar-refractivity contribution < 1.29 is 0 Å². The second-order valence-electron chi connectivity index (χ2n) is 5.81. The van der Waals surface area contributed by atoms with Crippen molar-refractivity contribution in [2.75, 3.05) is 11.4 Å². The molecule has 1 aromatic rings. The van der Waals surface area contributed by atoms with Crippen molar-refractivity contribution >= 4 is 17.4 Å². The second-order valence-corrected chi connectivity index (χ2v) is 6.17. The number of fused-ring (bicyclic) bond motifs is 1. The Hall–Kier alpha value is -0.830. The van der Waals surface area contributed by atoms with E-state index in [4.69, 9.17) is 11.6 Å². The molecule has 104 valence electrons. The van der Waals surface area contributed by atoms with Gasteiger partial charge < -0.3 is 4.90 Å². The number of nitrogens with zero attached hydrogens (tertiary/aromatic N) is 3. The fourth-order valence-electron chi connectivity index (χ4n) is 3.76. The Morgan fingerprint density at radius 3 is 2.95 bits per heavy atom. The number of hydrogen-bond donors (Lipinski definition) is 0. The van der Waals surface area contributed by atoms with Crippen LogP contribution in [-0.4, -0.2) is 22.6 Å². The van der Waals surface area contributed by atoms with Crippen LogP contribution in [-0.2, 0) is 6.42 Å². The maximum absolute atomic E-state index is 6.28. The Morgan fingerprint density at radius 1 is 1.26 bits per heavy atom. The van der Waals surface area contributed by atoms with Gasteiger partial charge in [-0.3, -0.25) is 0 Å². The minimum absolute atomic E-state index is 0.645. The van der Waals surface area contributed by atoms with Crippen molar-refractivity contribution in [3.05, 3.63) is 17.0 Å². The van der Waals surface area contributed by atoms with Crippen LogP contribution in [0.1, 0.15) is 51.0 Å². The molecule has 3 rings (SSSR count). The molecule has 0 N–H and O–H groups in total. The number of halogens is 1. The van der Waals surface area contributed by atoms with E-state index in [1.54, 1.807) is 6.33 Å². The van der Waals surface area contributed by atoms with Gasteiger partial charge in [0.2, 0.25) is 0 Å². The highest BCUT2D eigenvalue weighted by molar-refractivity contribution is 6.30. The molecule has 1 saturated heterocycles. The van der Waals surface area contributed by atoms with E-state index in [-0.39, 0.29) is 0 Å². The largest absolute Gasteiger partial charge is 0.353 e. The second kappa shape index (κ2) is 5.66. The fraction of sp³-hybridized carbons (Fsp3) is 0.733. The summed E-state index contributed by atoms with van der Waals surface area (Å²) in [5.74, 6) is 1.98. The molecule has 1 aliphatic carbocycles. The minimum Gasteiger partial charge on any atom is -0.353 e. The SMILES string of the molecule is CCCc1c(Cl)ncnc1N1CCC2CCCCC21. The highest BCUT2D eigenvalue weighted by atomic mass is 35.5. The van der Waals surface area contributed by atoms with Gasteiger partial charge in [-0.1, -0.05) is 37.8 Å². The summed E-state index contributed by atoms with van der Waals surface area (Å²) in [5.41, 5.74) is 1.15. The third-order valence-electron chi connectivity index (χ3n) is 4.65. The zero-order valence-corrected chi connectivity index (χ0v) is 12.4. The highest BCUT2D eigenvalue weighted by Gasteiger charge is 2.37. The molecule has 2 fully saturated rings. The van der Waals surface area contributed by atoms with Gasteiger partial charge >= 0.3 is 0 Å². The van der Waals surface area contributed by atoms with Gasteiger partial charge in [0.1, 0.15) is 17.3 Å². The number of aromatic nitrogens is 2. The van der Waals surface area contributed by atoms with Gasteiger partial charge in [-0.15, -0.1) is 0 Å². The molecule has 2 heterocycles. The predicted octanol–water partition coefficient (Wildman–Crippen LogP) is 3.85. The minimum atomic E-state index is 0.645. The van der Waals surface area contributed by atoms with Gasteiger partial charge in [-0.05, 0) is 31.6 Å². The first-order valence-corrected chi connectivity index (χ1v) is 7.95. The van der Waals surface area contributed by atoms with Crippen molar-refractivity contribution in [3.63, 3.8) is 0 Å². The average Bonchev–Trinajstić information content (AvgIpc) is 2.85. The summed E-state index contributed by atoms with van der Waals surface area (Å²) in [6.07, 6.45) is 10.5. The van der Waals surface area contributed by atoms with Crippen LogP contribution < -0.4 is 4.90 Å². The van der Waals surface area contributed by atoms with E-state index in [1.807, 2.05) is 0 Å². The van der Waals surface area contributed by atoms with E-state index in [9.17, 15) is 0 Å². The maximum Gasteiger partial charge on any atom is 0.137 e. The van der Waals surface area contributed by atoms with Crippen LogP contribution in [0.5, 0.6) is 0 Å². The first-order valence-electron chi connectivity index (χ1n) is 7.57. The summed E-state index contributed by atoms with van der Waals surface area (Å²) < 4.78 is 0. The quantitative estimate of drug-likeness (QED) is 0.787. The first-order chi connectivity index (χ1) is 9.31. The van der Waals surface area contributed by atoms with E-state index in [2.05, 4.69) is 21.8 Å². The Labute approximate surface area is 120 Å². The molecule has 2 atom stereocenters. The van der Waals surface area contributed by atoms with Crippen LogP contribution in [0.15, 0.2) is 6.33 Å². The molecule has 19 heavy (non-hydrogen) atoms. The van der Waals surface area contributed by atoms with Crippen molar-refractivity contribution in [2.24, 2.45) is 5.92 Å². The van der Waals surface area contributed by atoms with Crippen LogP contribution in [0.4, 0.5) is 5.82 Å².